The number of amides is 2. The van der Waals surface area contributed by atoms with Crippen molar-refractivity contribution in [2.75, 3.05) is 31.0 Å². The first-order valence-corrected chi connectivity index (χ1v) is 10.7. The van der Waals surface area contributed by atoms with E-state index in [2.05, 4.69) is 10.3 Å². The average Bonchev–Trinajstić information content (AvgIpc) is 3.48. The van der Waals surface area contributed by atoms with Gasteiger partial charge in [-0.05, 0) is 23.6 Å². The normalized spacial score (nSPS) is 16.1. The Balaban J connectivity index is 1.44. The zero-order valence-electron chi connectivity index (χ0n) is 15.9. The predicted octanol–water partition coefficient (Wildman–Crippen LogP) is 3.88. The summed E-state index contributed by atoms with van der Waals surface area (Å²) in [5.41, 5.74) is 1.52. The Bertz CT molecular complexity index is 1030. The number of anilines is 2. The zero-order chi connectivity index (χ0) is 20.4. The van der Waals surface area contributed by atoms with E-state index in [1.165, 1.54) is 11.3 Å². The van der Waals surface area contributed by atoms with Gasteiger partial charge in [-0.25, -0.2) is 4.98 Å². The molecule has 1 N–H and O–H groups in total. The highest BCUT2D eigenvalue weighted by atomic mass is 32.1. The van der Waals surface area contributed by atoms with Crippen LogP contribution in [0.3, 0.4) is 0 Å². The van der Waals surface area contributed by atoms with Crippen LogP contribution in [0.25, 0.3) is 10.6 Å². The number of aromatic nitrogens is 1. The van der Waals surface area contributed by atoms with Crippen LogP contribution in [0.1, 0.15) is 6.42 Å². The molecule has 1 aliphatic heterocycles. The van der Waals surface area contributed by atoms with E-state index in [1.807, 2.05) is 22.9 Å². The number of methoxy groups -OCH3 is 2. The fourth-order valence-electron chi connectivity index (χ4n) is 3.20. The second kappa shape index (κ2) is 8.22. The molecule has 2 aromatic heterocycles. The Morgan fingerprint density at radius 1 is 1.21 bits per heavy atom. The molecule has 0 radical (unpaired) electrons. The summed E-state index contributed by atoms with van der Waals surface area (Å²) in [7, 11) is 3.10. The number of carbonyl (C=O) groups is 2. The first-order valence-electron chi connectivity index (χ1n) is 8.91. The van der Waals surface area contributed by atoms with Crippen LogP contribution in [0, 0.1) is 5.92 Å². The Labute approximate surface area is 175 Å². The summed E-state index contributed by atoms with van der Waals surface area (Å²) in [6.07, 6.45) is 0.156. The summed E-state index contributed by atoms with van der Waals surface area (Å²) < 4.78 is 10.5. The molecule has 0 aliphatic carbocycles. The van der Waals surface area contributed by atoms with Crippen LogP contribution in [0.5, 0.6) is 11.5 Å². The second-order valence-electron chi connectivity index (χ2n) is 6.45. The fourth-order valence-corrected chi connectivity index (χ4v) is 4.68. The number of benzene rings is 1. The van der Waals surface area contributed by atoms with Crippen LogP contribution < -0.4 is 19.7 Å². The van der Waals surface area contributed by atoms with E-state index in [1.54, 1.807) is 48.7 Å². The maximum Gasteiger partial charge on any atom is 0.231 e. The van der Waals surface area contributed by atoms with Gasteiger partial charge in [0.15, 0.2) is 16.6 Å². The topological polar surface area (TPSA) is 80.8 Å². The molecule has 150 valence electrons. The molecule has 1 fully saturated rings. The van der Waals surface area contributed by atoms with E-state index in [0.29, 0.717) is 28.9 Å². The van der Waals surface area contributed by atoms with Crippen molar-refractivity contribution in [1.29, 1.82) is 0 Å². The highest BCUT2D eigenvalue weighted by molar-refractivity contribution is 7.16. The first kappa shape index (κ1) is 19.4. The molecule has 0 unspecified atom stereocenters. The van der Waals surface area contributed by atoms with Gasteiger partial charge in [-0.1, -0.05) is 6.07 Å². The zero-order valence-corrected chi connectivity index (χ0v) is 17.5. The van der Waals surface area contributed by atoms with Crippen molar-refractivity contribution < 1.29 is 19.1 Å². The number of nitrogens with one attached hydrogen (secondary N) is 1. The summed E-state index contributed by atoms with van der Waals surface area (Å²) in [5, 5.41) is 7.29. The summed E-state index contributed by atoms with van der Waals surface area (Å²) >= 11 is 2.97. The molecule has 0 saturated carbocycles. The van der Waals surface area contributed by atoms with Gasteiger partial charge in [0, 0.05) is 30.1 Å². The Kier molecular flexibility index (Phi) is 5.50. The standard InChI is InChI=1S/C20H19N3O4S2/c1-26-15-6-5-13(9-16(15)27-2)23-10-12(8-18(23)24)19(25)22-20-21-14(11-29-20)17-4-3-7-28-17/h3-7,9,11-12H,8,10H2,1-2H3,(H,21,22,25)/t12-/m1/s1. The van der Waals surface area contributed by atoms with E-state index in [4.69, 9.17) is 9.47 Å². The fraction of sp³-hybridized carbons (Fsp3) is 0.250. The lowest BCUT2D eigenvalue weighted by molar-refractivity contribution is -0.122. The minimum Gasteiger partial charge on any atom is -0.493 e. The molecule has 4 rings (SSSR count). The van der Waals surface area contributed by atoms with Gasteiger partial charge in [0.2, 0.25) is 11.8 Å². The van der Waals surface area contributed by atoms with Gasteiger partial charge in [0.25, 0.3) is 0 Å². The van der Waals surface area contributed by atoms with Gasteiger partial charge in [0.05, 0.1) is 30.7 Å². The van der Waals surface area contributed by atoms with Gasteiger partial charge in [-0.2, -0.15) is 0 Å². The highest BCUT2D eigenvalue weighted by Crippen LogP contribution is 2.34. The molecule has 1 aromatic carbocycles. The van der Waals surface area contributed by atoms with Gasteiger partial charge < -0.3 is 19.7 Å². The molecule has 7 nitrogen and oxygen atoms in total. The molecule has 3 heterocycles. The summed E-state index contributed by atoms with van der Waals surface area (Å²) in [6, 6.07) is 9.22. The largest absolute Gasteiger partial charge is 0.493 e. The lowest BCUT2D eigenvalue weighted by atomic mass is 10.1. The summed E-state index contributed by atoms with van der Waals surface area (Å²) in [6.45, 7) is 0.309. The summed E-state index contributed by atoms with van der Waals surface area (Å²) in [5.74, 6) is 0.381. The van der Waals surface area contributed by atoms with Crippen LogP contribution in [-0.2, 0) is 9.59 Å². The number of thiophene rings is 1. The van der Waals surface area contributed by atoms with Gasteiger partial charge in [0.1, 0.15) is 0 Å². The molecule has 1 saturated heterocycles. The molecule has 29 heavy (non-hydrogen) atoms. The van der Waals surface area contributed by atoms with Gasteiger partial charge >= 0.3 is 0 Å². The quantitative estimate of drug-likeness (QED) is 0.643. The SMILES string of the molecule is COc1ccc(N2C[C@H](C(=O)Nc3nc(-c4cccs4)cs3)CC2=O)cc1OC. The highest BCUT2D eigenvalue weighted by Gasteiger charge is 2.35. The van der Waals surface area contributed by atoms with Crippen LogP contribution in [0.15, 0.2) is 41.1 Å². The van der Waals surface area contributed by atoms with E-state index < -0.39 is 5.92 Å². The van der Waals surface area contributed by atoms with E-state index >= 15 is 0 Å². The van der Waals surface area contributed by atoms with E-state index in [0.717, 1.165) is 10.6 Å². The second-order valence-corrected chi connectivity index (χ2v) is 8.25. The third kappa shape index (κ3) is 3.96. The maximum absolute atomic E-state index is 12.7. The number of ether oxygens (including phenoxy) is 2. The number of hydrogen-bond acceptors (Lipinski definition) is 7. The molecular weight excluding hydrogens is 410 g/mol. The smallest absolute Gasteiger partial charge is 0.231 e. The van der Waals surface area contributed by atoms with Gasteiger partial charge in [-0.15, -0.1) is 22.7 Å². The molecule has 1 aliphatic rings. The predicted molar refractivity (Wildman–Crippen MR) is 114 cm³/mol. The van der Waals surface area contributed by atoms with Crippen molar-refractivity contribution in [2.45, 2.75) is 6.42 Å². The van der Waals surface area contributed by atoms with Gasteiger partial charge in [-0.3, -0.25) is 9.59 Å². The Morgan fingerprint density at radius 3 is 2.76 bits per heavy atom. The number of rotatable bonds is 6. The lowest BCUT2D eigenvalue weighted by Crippen LogP contribution is -2.28. The Morgan fingerprint density at radius 2 is 2.03 bits per heavy atom. The van der Waals surface area contributed by atoms with Crippen LogP contribution in [-0.4, -0.2) is 37.6 Å². The molecule has 0 bridgehead atoms. The van der Waals surface area contributed by atoms with Crippen molar-refractivity contribution in [3.63, 3.8) is 0 Å². The number of hydrogen-bond donors (Lipinski definition) is 1. The van der Waals surface area contributed by atoms with Crippen molar-refractivity contribution >= 4 is 45.3 Å². The molecule has 1 atom stereocenters. The van der Waals surface area contributed by atoms with Crippen LogP contribution in [0.2, 0.25) is 0 Å². The average molecular weight is 430 g/mol. The van der Waals surface area contributed by atoms with E-state index in [-0.39, 0.29) is 18.2 Å². The van der Waals surface area contributed by atoms with Crippen LogP contribution in [0.4, 0.5) is 10.8 Å². The van der Waals surface area contributed by atoms with E-state index in [9.17, 15) is 9.59 Å². The summed E-state index contributed by atoms with van der Waals surface area (Å²) in [4.78, 5) is 32.3. The van der Waals surface area contributed by atoms with Crippen molar-refractivity contribution in [3.05, 3.63) is 41.1 Å². The van der Waals surface area contributed by atoms with Crippen molar-refractivity contribution in [3.8, 4) is 22.1 Å². The van der Waals surface area contributed by atoms with Crippen LogP contribution >= 0.6 is 22.7 Å². The third-order valence-corrected chi connectivity index (χ3v) is 6.33. The Hall–Kier alpha value is -2.91. The molecule has 9 heteroatoms. The molecule has 2 amide bonds. The maximum atomic E-state index is 12.7. The number of carbonyl (C=O) groups excluding carboxylic acids is 2. The minimum atomic E-state index is -0.440. The number of nitrogens with zero attached hydrogens (tertiary/aromatic N) is 2. The molecule has 3 aromatic rings. The first-order chi connectivity index (χ1) is 14.1. The lowest BCUT2D eigenvalue weighted by Gasteiger charge is -2.18. The third-order valence-electron chi connectivity index (χ3n) is 4.68. The number of thiazole rings is 1. The monoisotopic (exact) mass is 429 g/mol. The van der Waals surface area contributed by atoms with Crippen molar-refractivity contribution in [1.82, 2.24) is 4.98 Å². The minimum absolute atomic E-state index is 0.101. The molecule has 0 spiro atoms. The molecular formula is C20H19N3O4S2. The van der Waals surface area contributed by atoms with Crippen molar-refractivity contribution in [2.24, 2.45) is 5.92 Å².